The monoisotopic (exact) mass is 445 g/mol. The molecule has 33 heavy (non-hydrogen) atoms. The van der Waals surface area contributed by atoms with E-state index in [1.165, 1.54) is 0 Å². The maximum Gasteiger partial charge on any atom is 0.271 e. The zero-order valence-corrected chi connectivity index (χ0v) is 19.3. The fourth-order valence-electron chi connectivity index (χ4n) is 5.21. The van der Waals surface area contributed by atoms with Crippen molar-refractivity contribution in [2.24, 2.45) is 0 Å². The van der Waals surface area contributed by atoms with E-state index in [0.29, 0.717) is 25.4 Å². The molecule has 6 heteroatoms. The van der Waals surface area contributed by atoms with E-state index in [1.54, 1.807) is 4.90 Å². The van der Waals surface area contributed by atoms with Gasteiger partial charge in [0.1, 0.15) is 17.0 Å². The van der Waals surface area contributed by atoms with E-state index in [1.807, 2.05) is 73.0 Å². The summed E-state index contributed by atoms with van der Waals surface area (Å²) in [4.78, 5) is 29.3. The molecule has 5 rings (SSSR count). The summed E-state index contributed by atoms with van der Waals surface area (Å²) in [6.45, 7) is 5.25. The predicted molar refractivity (Wildman–Crippen MR) is 128 cm³/mol. The maximum atomic E-state index is 13.8. The van der Waals surface area contributed by atoms with Gasteiger partial charge in [0.15, 0.2) is 0 Å². The molecule has 2 aliphatic rings. The van der Waals surface area contributed by atoms with Crippen LogP contribution in [0.2, 0.25) is 0 Å². The number of nitrogens with one attached hydrogen (secondary N) is 1. The van der Waals surface area contributed by atoms with Crippen molar-refractivity contribution in [3.63, 3.8) is 0 Å². The molecule has 6 nitrogen and oxygen atoms in total. The van der Waals surface area contributed by atoms with Gasteiger partial charge in [0.05, 0.1) is 13.2 Å². The summed E-state index contributed by atoms with van der Waals surface area (Å²) in [5, 5.41) is 4.27. The van der Waals surface area contributed by atoms with Crippen LogP contribution in [0.4, 0.5) is 0 Å². The quantitative estimate of drug-likeness (QED) is 0.607. The standard InChI is InChI=1S/C27H31N3O3/c1-3-33-22-14-12-19(13-15-22)17-30-25(31)24-16-20-8-4-7-11-23(20)29(24)18-27(30,2)26(32)28-21-9-5-6-10-21/h4,7-8,11-16,21H,3,5-6,9-10,17-18H2,1-2H3,(H,28,32)/t27-/m1/s1. The second-order valence-corrected chi connectivity index (χ2v) is 9.37. The number of benzene rings is 2. The van der Waals surface area contributed by atoms with Crippen LogP contribution in [0.25, 0.3) is 10.9 Å². The smallest absolute Gasteiger partial charge is 0.271 e. The largest absolute Gasteiger partial charge is 0.494 e. The van der Waals surface area contributed by atoms with Crippen LogP contribution in [0.1, 0.15) is 55.6 Å². The Morgan fingerprint density at radius 2 is 1.85 bits per heavy atom. The Bertz CT molecular complexity index is 1180. The van der Waals surface area contributed by atoms with E-state index in [4.69, 9.17) is 4.74 Å². The molecular formula is C27H31N3O3. The number of nitrogens with zero attached hydrogens (tertiary/aromatic N) is 2. The zero-order valence-electron chi connectivity index (χ0n) is 19.3. The minimum atomic E-state index is -0.993. The average molecular weight is 446 g/mol. The molecule has 1 atom stereocenters. The first-order chi connectivity index (χ1) is 16.0. The average Bonchev–Trinajstić information content (AvgIpc) is 3.46. The lowest BCUT2D eigenvalue weighted by atomic mass is 9.93. The molecule has 0 radical (unpaired) electrons. The normalized spacial score (nSPS) is 20.8. The molecule has 1 fully saturated rings. The number of carbonyl (C=O) groups excluding carboxylic acids is 2. The molecule has 1 aromatic heterocycles. The molecule has 2 aromatic carbocycles. The van der Waals surface area contributed by atoms with Gasteiger partial charge >= 0.3 is 0 Å². The third kappa shape index (κ3) is 3.88. The number of carbonyl (C=O) groups is 2. The fourth-order valence-corrected chi connectivity index (χ4v) is 5.21. The van der Waals surface area contributed by atoms with Gasteiger partial charge in [-0.2, -0.15) is 0 Å². The summed E-state index contributed by atoms with van der Waals surface area (Å²) in [7, 11) is 0. The van der Waals surface area contributed by atoms with Crippen molar-refractivity contribution in [1.82, 2.24) is 14.8 Å². The molecule has 0 unspecified atom stereocenters. The number of rotatable bonds is 6. The summed E-state index contributed by atoms with van der Waals surface area (Å²) >= 11 is 0. The minimum Gasteiger partial charge on any atom is -0.494 e. The van der Waals surface area contributed by atoms with Gasteiger partial charge in [0, 0.05) is 23.5 Å². The molecule has 172 valence electrons. The van der Waals surface area contributed by atoms with Gasteiger partial charge in [-0.1, -0.05) is 43.2 Å². The van der Waals surface area contributed by atoms with Gasteiger partial charge in [-0.15, -0.1) is 0 Å². The Hall–Kier alpha value is -3.28. The van der Waals surface area contributed by atoms with Gasteiger partial charge in [0.25, 0.3) is 5.91 Å². The Balaban J connectivity index is 1.52. The highest BCUT2D eigenvalue weighted by Gasteiger charge is 2.48. The molecule has 2 heterocycles. The van der Waals surface area contributed by atoms with Gasteiger partial charge in [-0.25, -0.2) is 0 Å². The van der Waals surface area contributed by atoms with Crippen LogP contribution in [-0.4, -0.2) is 39.5 Å². The van der Waals surface area contributed by atoms with Gasteiger partial charge < -0.3 is 19.5 Å². The Morgan fingerprint density at radius 3 is 2.58 bits per heavy atom. The lowest BCUT2D eigenvalue weighted by Gasteiger charge is -2.44. The van der Waals surface area contributed by atoms with Crippen LogP contribution < -0.4 is 10.1 Å². The van der Waals surface area contributed by atoms with E-state index in [9.17, 15) is 9.59 Å². The lowest BCUT2D eigenvalue weighted by Crippen LogP contribution is -2.64. The molecule has 0 spiro atoms. The number of hydrogen-bond donors (Lipinski definition) is 1. The number of ether oxygens (including phenoxy) is 1. The molecule has 2 amide bonds. The van der Waals surface area contributed by atoms with Crippen LogP contribution in [0.15, 0.2) is 54.6 Å². The first kappa shape index (κ1) is 21.6. The number of amides is 2. The molecule has 1 aliphatic carbocycles. The van der Waals surface area contributed by atoms with Crippen molar-refractivity contribution in [3.05, 3.63) is 65.9 Å². The minimum absolute atomic E-state index is 0.0721. The molecule has 1 saturated carbocycles. The van der Waals surface area contributed by atoms with Gasteiger partial charge in [-0.05, 0) is 56.5 Å². The Kier molecular flexibility index (Phi) is 5.60. The van der Waals surface area contributed by atoms with Crippen LogP contribution in [0.3, 0.4) is 0 Å². The summed E-state index contributed by atoms with van der Waals surface area (Å²) in [5.41, 5.74) is 1.60. The van der Waals surface area contributed by atoms with Crippen molar-refractivity contribution in [2.75, 3.05) is 6.61 Å². The Labute approximate surface area is 194 Å². The van der Waals surface area contributed by atoms with Crippen LogP contribution in [0.5, 0.6) is 5.75 Å². The van der Waals surface area contributed by atoms with Crippen LogP contribution >= 0.6 is 0 Å². The first-order valence-corrected chi connectivity index (χ1v) is 11.9. The highest BCUT2D eigenvalue weighted by Crippen LogP contribution is 2.34. The van der Waals surface area contributed by atoms with Crippen molar-refractivity contribution in [3.8, 4) is 5.75 Å². The lowest BCUT2D eigenvalue weighted by molar-refractivity contribution is -0.133. The van der Waals surface area contributed by atoms with Crippen molar-refractivity contribution < 1.29 is 14.3 Å². The number of fused-ring (bicyclic) bond motifs is 3. The van der Waals surface area contributed by atoms with E-state index in [-0.39, 0.29) is 17.9 Å². The van der Waals surface area contributed by atoms with Gasteiger partial charge in [0.2, 0.25) is 5.91 Å². The molecule has 0 saturated heterocycles. The summed E-state index contributed by atoms with van der Waals surface area (Å²) in [6.07, 6.45) is 4.30. The molecular weight excluding hydrogens is 414 g/mol. The van der Waals surface area contributed by atoms with Crippen LogP contribution in [-0.2, 0) is 17.9 Å². The Morgan fingerprint density at radius 1 is 1.12 bits per heavy atom. The van der Waals surface area contributed by atoms with Crippen molar-refractivity contribution >= 4 is 22.7 Å². The second-order valence-electron chi connectivity index (χ2n) is 9.37. The third-order valence-electron chi connectivity index (χ3n) is 7.09. The number of hydrogen-bond acceptors (Lipinski definition) is 3. The second kappa shape index (κ2) is 8.58. The van der Waals surface area contributed by atoms with E-state index in [2.05, 4.69) is 5.32 Å². The topological polar surface area (TPSA) is 63.6 Å². The van der Waals surface area contributed by atoms with E-state index < -0.39 is 5.54 Å². The first-order valence-electron chi connectivity index (χ1n) is 11.9. The highest BCUT2D eigenvalue weighted by atomic mass is 16.5. The third-order valence-corrected chi connectivity index (χ3v) is 7.09. The summed E-state index contributed by atoms with van der Waals surface area (Å²) < 4.78 is 7.57. The number of para-hydroxylation sites is 1. The highest BCUT2D eigenvalue weighted by molar-refractivity contribution is 6.03. The van der Waals surface area contributed by atoms with Crippen molar-refractivity contribution in [1.29, 1.82) is 0 Å². The van der Waals surface area contributed by atoms with E-state index >= 15 is 0 Å². The molecule has 1 aliphatic heterocycles. The van der Waals surface area contributed by atoms with Crippen LogP contribution in [0, 0.1) is 0 Å². The van der Waals surface area contributed by atoms with Gasteiger partial charge in [-0.3, -0.25) is 9.59 Å². The number of aromatic nitrogens is 1. The fraction of sp³-hybridized carbons (Fsp3) is 0.407. The molecule has 3 aromatic rings. The van der Waals surface area contributed by atoms with Crippen molar-refractivity contribution in [2.45, 2.75) is 64.2 Å². The summed E-state index contributed by atoms with van der Waals surface area (Å²) in [5.74, 6) is 0.612. The zero-order chi connectivity index (χ0) is 23.0. The molecule has 1 N–H and O–H groups in total. The molecule has 0 bridgehead atoms. The van der Waals surface area contributed by atoms with E-state index in [0.717, 1.165) is 47.9 Å². The SMILES string of the molecule is CCOc1ccc(CN2C(=O)c3cc4ccccc4n3C[C@]2(C)C(=O)NC2CCCC2)cc1. The predicted octanol–water partition coefficient (Wildman–Crippen LogP) is 4.51. The maximum absolute atomic E-state index is 13.8. The summed E-state index contributed by atoms with van der Waals surface area (Å²) in [6, 6.07) is 17.9.